The predicted octanol–water partition coefficient (Wildman–Crippen LogP) is 1.97. The van der Waals surface area contributed by atoms with E-state index in [0.717, 1.165) is 0 Å². The summed E-state index contributed by atoms with van der Waals surface area (Å²) in [5.41, 5.74) is -0.809. The van der Waals surface area contributed by atoms with E-state index in [1.807, 2.05) is 18.7 Å². The molecule has 2 saturated heterocycles. The molecule has 3 fully saturated rings. The lowest BCUT2D eigenvalue weighted by Crippen LogP contribution is -2.57. The van der Waals surface area contributed by atoms with Gasteiger partial charge in [-0.3, -0.25) is 4.79 Å². The molecule has 2 aliphatic heterocycles. The van der Waals surface area contributed by atoms with Crippen molar-refractivity contribution in [1.29, 1.82) is 0 Å². The lowest BCUT2D eigenvalue weighted by Gasteiger charge is -2.42. The SMILES string of the molecule is CC(C)OC1(C(=O)N2CC[C@H](O)[C@@H](C3CCCC3)C2)CCOC1. The Morgan fingerprint density at radius 1 is 1.30 bits per heavy atom. The number of hydrogen-bond donors (Lipinski definition) is 1. The van der Waals surface area contributed by atoms with Crippen LogP contribution in [0.1, 0.15) is 52.4 Å². The molecule has 0 radical (unpaired) electrons. The molecule has 2 heterocycles. The van der Waals surface area contributed by atoms with Crippen LogP contribution in [0.25, 0.3) is 0 Å². The zero-order valence-corrected chi connectivity index (χ0v) is 14.5. The number of aliphatic hydroxyl groups excluding tert-OH is 1. The summed E-state index contributed by atoms with van der Waals surface area (Å²) in [6, 6.07) is 0. The highest BCUT2D eigenvalue weighted by Crippen LogP contribution is 2.37. The van der Waals surface area contributed by atoms with Gasteiger partial charge in [0.05, 0.1) is 25.4 Å². The number of ether oxygens (including phenoxy) is 2. The molecule has 132 valence electrons. The maximum Gasteiger partial charge on any atom is 0.257 e. The standard InChI is InChI=1S/C18H31NO4/c1-13(2)23-18(8-10-22-12-18)17(21)19-9-7-16(20)15(11-19)14-5-3-4-6-14/h13-16,20H,3-12H2,1-2H3/t15-,16+,18?/m1/s1. The first kappa shape index (κ1) is 17.2. The Hall–Kier alpha value is -0.650. The quantitative estimate of drug-likeness (QED) is 0.858. The van der Waals surface area contributed by atoms with E-state index in [9.17, 15) is 9.90 Å². The zero-order chi connectivity index (χ0) is 16.4. The summed E-state index contributed by atoms with van der Waals surface area (Å²) in [5, 5.41) is 10.4. The lowest BCUT2D eigenvalue weighted by molar-refractivity contribution is -0.168. The van der Waals surface area contributed by atoms with Crippen molar-refractivity contribution in [3.63, 3.8) is 0 Å². The number of rotatable bonds is 4. The van der Waals surface area contributed by atoms with Gasteiger partial charge in [0.25, 0.3) is 5.91 Å². The van der Waals surface area contributed by atoms with Gasteiger partial charge in [-0.15, -0.1) is 0 Å². The Bertz CT molecular complexity index is 413. The Morgan fingerprint density at radius 3 is 2.65 bits per heavy atom. The van der Waals surface area contributed by atoms with Crippen LogP contribution in [0.15, 0.2) is 0 Å². The summed E-state index contributed by atoms with van der Waals surface area (Å²) in [6.07, 6.45) is 5.97. The second-order valence-electron chi connectivity index (χ2n) is 7.78. The van der Waals surface area contributed by atoms with Crippen LogP contribution >= 0.6 is 0 Å². The lowest BCUT2D eigenvalue weighted by atomic mass is 9.81. The minimum absolute atomic E-state index is 0.00154. The summed E-state index contributed by atoms with van der Waals surface area (Å²) in [7, 11) is 0. The fourth-order valence-electron chi connectivity index (χ4n) is 4.60. The first-order valence-electron chi connectivity index (χ1n) is 9.25. The van der Waals surface area contributed by atoms with Gasteiger partial charge in [-0.05, 0) is 26.2 Å². The van der Waals surface area contributed by atoms with Crippen LogP contribution in [0.2, 0.25) is 0 Å². The molecule has 3 aliphatic rings. The van der Waals surface area contributed by atoms with Crippen molar-refractivity contribution in [2.24, 2.45) is 11.8 Å². The molecule has 3 rings (SSSR count). The zero-order valence-electron chi connectivity index (χ0n) is 14.5. The Kier molecular flexibility index (Phi) is 5.29. The Balaban J connectivity index is 1.70. The van der Waals surface area contributed by atoms with Crippen molar-refractivity contribution in [3.05, 3.63) is 0 Å². The number of nitrogens with zero attached hydrogens (tertiary/aromatic N) is 1. The number of carbonyl (C=O) groups is 1. The van der Waals surface area contributed by atoms with Gasteiger partial charge in [-0.25, -0.2) is 0 Å². The largest absolute Gasteiger partial charge is 0.393 e. The highest BCUT2D eigenvalue weighted by Gasteiger charge is 2.48. The molecule has 1 saturated carbocycles. The average Bonchev–Trinajstić information content (AvgIpc) is 3.18. The van der Waals surface area contributed by atoms with Gasteiger partial charge in [0.1, 0.15) is 0 Å². The predicted molar refractivity (Wildman–Crippen MR) is 87.0 cm³/mol. The summed E-state index contributed by atoms with van der Waals surface area (Å²) < 4.78 is 11.5. The van der Waals surface area contributed by atoms with Gasteiger partial charge in [-0.2, -0.15) is 0 Å². The first-order valence-corrected chi connectivity index (χ1v) is 9.25. The van der Waals surface area contributed by atoms with E-state index in [1.165, 1.54) is 25.7 Å². The molecule has 5 nitrogen and oxygen atoms in total. The summed E-state index contributed by atoms with van der Waals surface area (Å²) in [4.78, 5) is 15.1. The summed E-state index contributed by atoms with van der Waals surface area (Å²) in [6.45, 7) is 6.18. The van der Waals surface area contributed by atoms with Gasteiger partial charge in [0, 0.05) is 25.4 Å². The number of piperidine rings is 1. The third kappa shape index (κ3) is 3.57. The van der Waals surface area contributed by atoms with Crippen LogP contribution in [0.3, 0.4) is 0 Å². The summed E-state index contributed by atoms with van der Waals surface area (Å²) in [5.74, 6) is 0.870. The third-order valence-electron chi connectivity index (χ3n) is 5.75. The monoisotopic (exact) mass is 325 g/mol. The summed E-state index contributed by atoms with van der Waals surface area (Å²) >= 11 is 0. The van der Waals surface area contributed by atoms with E-state index in [2.05, 4.69) is 0 Å². The smallest absolute Gasteiger partial charge is 0.257 e. The molecular formula is C18H31NO4. The van der Waals surface area contributed by atoms with Crippen molar-refractivity contribution in [1.82, 2.24) is 4.90 Å². The fraction of sp³-hybridized carbons (Fsp3) is 0.944. The van der Waals surface area contributed by atoms with Crippen LogP contribution in [-0.4, -0.2) is 60.0 Å². The topological polar surface area (TPSA) is 59.0 Å². The molecule has 0 spiro atoms. The number of carbonyl (C=O) groups excluding carboxylic acids is 1. The van der Waals surface area contributed by atoms with E-state index in [1.54, 1.807) is 0 Å². The molecule has 0 aromatic carbocycles. The van der Waals surface area contributed by atoms with Crippen LogP contribution in [0, 0.1) is 11.8 Å². The van der Waals surface area contributed by atoms with Gasteiger partial charge >= 0.3 is 0 Å². The molecule has 0 aromatic heterocycles. The van der Waals surface area contributed by atoms with E-state index in [-0.39, 0.29) is 24.0 Å². The van der Waals surface area contributed by atoms with E-state index in [0.29, 0.717) is 45.1 Å². The Labute approximate surface area is 139 Å². The number of likely N-dealkylation sites (tertiary alicyclic amines) is 1. The maximum absolute atomic E-state index is 13.2. The number of aliphatic hydroxyl groups is 1. The van der Waals surface area contributed by atoms with Crippen molar-refractivity contribution >= 4 is 5.91 Å². The second kappa shape index (κ2) is 7.08. The normalized spacial score (nSPS) is 36.1. The molecule has 5 heteroatoms. The highest BCUT2D eigenvalue weighted by molar-refractivity contribution is 5.86. The molecule has 1 unspecified atom stereocenters. The van der Waals surface area contributed by atoms with E-state index < -0.39 is 5.60 Å². The number of amides is 1. The van der Waals surface area contributed by atoms with Crippen LogP contribution in [0.5, 0.6) is 0 Å². The molecular weight excluding hydrogens is 294 g/mol. The maximum atomic E-state index is 13.2. The van der Waals surface area contributed by atoms with Gasteiger partial charge in [0.2, 0.25) is 0 Å². The molecule has 0 aromatic rings. The van der Waals surface area contributed by atoms with Gasteiger partial charge in [-0.1, -0.05) is 25.7 Å². The molecule has 1 amide bonds. The van der Waals surface area contributed by atoms with Crippen molar-refractivity contribution in [2.75, 3.05) is 26.3 Å². The highest BCUT2D eigenvalue weighted by atomic mass is 16.6. The molecule has 1 aliphatic carbocycles. The van der Waals surface area contributed by atoms with Crippen molar-refractivity contribution in [2.45, 2.75) is 70.2 Å². The first-order chi connectivity index (χ1) is 11.0. The average molecular weight is 325 g/mol. The van der Waals surface area contributed by atoms with E-state index in [4.69, 9.17) is 9.47 Å². The van der Waals surface area contributed by atoms with Crippen molar-refractivity contribution < 1.29 is 19.4 Å². The van der Waals surface area contributed by atoms with Crippen LogP contribution in [-0.2, 0) is 14.3 Å². The van der Waals surface area contributed by atoms with Gasteiger partial charge in [0.15, 0.2) is 5.60 Å². The molecule has 0 bridgehead atoms. The Morgan fingerprint density at radius 2 is 2.04 bits per heavy atom. The fourth-order valence-corrected chi connectivity index (χ4v) is 4.60. The molecule has 23 heavy (non-hydrogen) atoms. The minimum Gasteiger partial charge on any atom is -0.393 e. The number of hydrogen-bond acceptors (Lipinski definition) is 4. The minimum atomic E-state index is -0.809. The molecule has 1 N–H and O–H groups in total. The van der Waals surface area contributed by atoms with E-state index >= 15 is 0 Å². The molecule has 3 atom stereocenters. The third-order valence-corrected chi connectivity index (χ3v) is 5.75. The van der Waals surface area contributed by atoms with Crippen LogP contribution in [0.4, 0.5) is 0 Å². The van der Waals surface area contributed by atoms with Crippen LogP contribution < -0.4 is 0 Å². The second-order valence-corrected chi connectivity index (χ2v) is 7.78. The van der Waals surface area contributed by atoms with Crippen molar-refractivity contribution in [3.8, 4) is 0 Å². The van der Waals surface area contributed by atoms with Gasteiger partial charge < -0.3 is 19.5 Å².